The molecule has 4 atom stereocenters. The van der Waals surface area contributed by atoms with Gasteiger partial charge in [-0.3, -0.25) is 0 Å². The molecule has 0 aliphatic carbocycles. The normalized spacial score (nSPS) is 27.5. The second kappa shape index (κ2) is 8.76. The van der Waals surface area contributed by atoms with E-state index in [4.69, 9.17) is 34.6 Å². The summed E-state index contributed by atoms with van der Waals surface area (Å²) in [6.45, 7) is -0.408. The first kappa shape index (κ1) is 18.5. The Morgan fingerprint density at radius 1 is 1.09 bits per heavy atom. The topological polar surface area (TPSA) is 129 Å². The van der Waals surface area contributed by atoms with Gasteiger partial charge >= 0.3 is 0 Å². The molecule has 126 valence electrons. The number of hydrogen-bond donors (Lipinski definition) is 5. The van der Waals surface area contributed by atoms with Crippen molar-refractivity contribution in [2.75, 3.05) is 27.4 Å². The van der Waals surface area contributed by atoms with Crippen molar-refractivity contribution in [2.24, 2.45) is 0 Å². The molecule has 0 radical (unpaired) electrons. The summed E-state index contributed by atoms with van der Waals surface area (Å²) in [5, 5.41) is 45.0. The first-order valence-electron chi connectivity index (χ1n) is 6.62. The fraction of sp³-hybridized carbons (Fsp3) is 0.571. The van der Waals surface area contributed by atoms with Crippen LogP contribution < -0.4 is 9.47 Å². The van der Waals surface area contributed by atoms with E-state index < -0.39 is 24.4 Å². The quantitative estimate of drug-likeness (QED) is 0.473. The number of rotatable bonds is 3. The lowest BCUT2D eigenvalue weighted by Gasteiger charge is -2.34. The van der Waals surface area contributed by atoms with E-state index in [2.05, 4.69) is 0 Å². The van der Waals surface area contributed by atoms with Crippen LogP contribution in [-0.4, -0.2) is 77.4 Å². The molecule has 1 fully saturated rings. The number of aromatic hydroxyl groups is 1. The molecule has 0 unspecified atom stereocenters. The molecule has 0 amide bonds. The van der Waals surface area contributed by atoms with Crippen LogP contribution in [0.25, 0.3) is 0 Å². The predicted octanol–water partition coefficient (Wildman–Crippen LogP) is -1.13. The van der Waals surface area contributed by atoms with Crippen LogP contribution in [0.2, 0.25) is 0 Å². The zero-order valence-electron chi connectivity index (χ0n) is 12.4. The summed E-state index contributed by atoms with van der Waals surface area (Å²) in [6, 6.07) is 5.08. The molecule has 0 saturated carbocycles. The van der Waals surface area contributed by atoms with Crippen LogP contribution in [0.3, 0.4) is 0 Å². The molecule has 22 heavy (non-hydrogen) atoms. The van der Waals surface area contributed by atoms with Crippen LogP contribution in [0.15, 0.2) is 18.2 Å². The minimum Gasteiger partial charge on any atom is -0.502 e. The van der Waals surface area contributed by atoms with Crippen molar-refractivity contribution in [1.82, 2.24) is 0 Å². The molecular weight excluding hydrogens is 296 g/mol. The molecule has 1 aliphatic heterocycles. The highest BCUT2D eigenvalue weighted by Gasteiger charge is 2.36. The molecule has 1 saturated heterocycles. The maximum Gasteiger partial charge on any atom is 0.200 e. The Morgan fingerprint density at radius 2 is 1.64 bits per heavy atom. The maximum absolute atomic E-state index is 9.34. The lowest BCUT2D eigenvalue weighted by molar-refractivity contribution is -0.195. The van der Waals surface area contributed by atoms with E-state index in [9.17, 15) is 5.11 Å². The van der Waals surface area contributed by atoms with Gasteiger partial charge in [0.05, 0.1) is 27.4 Å². The van der Waals surface area contributed by atoms with Gasteiger partial charge in [-0.25, -0.2) is 0 Å². The Kier molecular flexibility index (Phi) is 7.36. The number of aliphatic hydroxyl groups excluding tert-OH is 4. The molecule has 1 heterocycles. The Morgan fingerprint density at radius 3 is 2.09 bits per heavy atom. The molecule has 0 bridgehead atoms. The zero-order valence-corrected chi connectivity index (χ0v) is 12.4. The van der Waals surface area contributed by atoms with Gasteiger partial charge in [-0.1, -0.05) is 6.07 Å². The smallest absolute Gasteiger partial charge is 0.200 e. The fourth-order valence-electron chi connectivity index (χ4n) is 1.86. The molecule has 5 N–H and O–H groups in total. The zero-order chi connectivity index (χ0) is 16.7. The molecule has 0 spiro atoms. The lowest BCUT2D eigenvalue weighted by Crippen LogP contribution is -2.53. The van der Waals surface area contributed by atoms with E-state index in [1.54, 1.807) is 18.2 Å². The summed E-state index contributed by atoms with van der Waals surface area (Å²) in [6.07, 6.45) is -4.27. The van der Waals surface area contributed by atoms with Crippen LogP contribution in [0, 0.1) is 0 Å². The third kappa shape index (κ3) is 4.46. The monoisotopic (exact) mass is 318 g/mol. The van der Waals surface area contributed by atoms with Crippen molar-refractivity contribution in [3.8, 4) is 17.2 Å². The highest BCUT2D eigenvalue weighted by atomic mass is 16.5. The van der Waals surface area contributed by atoms with E-state index in [1.807, 2.05) is 0 Å². The third-order valence-electron chi connectivity index (χ3n) is 3.19. The summed E-state index contributed by atoms with van der Waals surface area (Å²) in [5.41, 5.74) is 0. The Balaban J connectivity index is 0.000000220. The Labute approximate surface area is 128 Å². The minimum absolute atomic E-state index is 0.0394. The number of para-hydroxylation sites is 1. The first-order chi connectivity index (χ1) is 10.5. The highest BCUT2D eigenvalue weighted by molar-refractivity contribution is 5.49. The van der Waals surface area contributed by atoms with Crippen molar-refractivity contribution in [3.63, 3.8) is 0 Å². The molecular formula is C14H22O8. The number of aliphatic hydroxyl groups is 4. The fourth-order valence-corrected chi connectivity index (χ4v) is 1.86. The van der Waals surface area contributed by atoms with Crippen LogP contribution in [0.5, 0.6) is 17.2 Å². The average Bonchev–Trinajstić information content (AvgIpc) is 2.54. The van der Waals surface area contributed by atoms with Crippen molar-refractivity contribution in [2.45, 2.75) is 24.4 Å². The number of phenols is 1. The van der Waals surface area contributed by atoms with E-state index in [-0.39, 0.29) is 19.0 Å². The van der Waals surface area contributed by atoms with Gasteiger partial charge in [-0.15, -0.1) is 0 Å². The maximum atomic E-state index is 9.34. The number of hydrogen-bond acceptors (Lipinski definition) is 8. The van der Waals surface area contributed by atoms with Gasteiger partial charge in [0.25, 0.3) is 0 Å². The van der Waals surface area contributed by atoms with Gasteiger partial charge in [0, 0.05) is 0 Å². The number of phenolic OH excluding ortho intramolecular Hbond substituents is 1. The molecule has 1 aliphatic rings. The summed E-state index contributed by atoms with van der Waals surface area (Å²) in [4.78, 5) is 0. The summed E-state index contributed by atoms with van der Waals surface area (Å²) in [5.74, 6) is 0.881. The number of benzene rings is 1. The lowest BCUT2D eigenvalue weighted by atomic mass is 10.0. The second-order valence-corrected chi connectivity index (χ2v) is 4.61. The number of ether oxygens (including phenoxy) is 3. The summed E-state index contributed by atoms with van der Waals surface area (Å²) < 4.78 is 14.5. The van der Waals surface area contributed by atoms with Crippen LogP contribution in [0.1, 0.15) is 0 Å². The molecule has 8 heteroatoms. The standard InChI is InChI=1S/C8H10O3.C6H12O5/c1-10-6-4-3-5-7(11-2)8(6)9;7-1-4-6(10)5(9)3(8)2-11-4/h3-5,9H,1-2H3;3-10H,1-2H2/t;3-,4+,5+,6+/m.0/s1. The largest absolute Gasteiger partial charge is 0.502 e. The molecule has 1 aromatic rings. The molecule has 1 aromatic carbocycles. The summed E-state index contributed by atoms with van der Waals surface area (Å²) >= 11 is 0. The van der Waals surface area contributed by atoms with E-state index in [0.717, 1.165) is 0 Å². The van der Waals surface area contributed by atoms with Crippen molar-refractivity contribution in [1.29, 1.82) is 0 Å². The van der Waals surface area contributed by atoms with Gasteiger partial charge in [0.15, 0.2) is 11.5 Å². The minimum atomic E-state index is -1.22. The Hall–Kier alpha value is -1.58. The predicted molar refractivity (Wildman–Crippen MR) is 76.1 cm³/mol. The third-order valence-corrected chi connectivity index (χ3v) is 3.19. The first-order valence-corrected chi connectivity index (χ1v) is 6.62. The van der Waals surface area contributed by atoms with Crippen molar-refractivity contribution < 1.29 is 39.7 Å². The van der Waals surface area contributed by atoms with Crippen molar-refractivity contribution in [3.05, 3.63) is 18.2 Å². The average molecular weight is 318 g/mol. The molecule has 0 aromatic heterocycles. The molecule has 2 rings (SSSR count). The van der Waals surface area contributed by atoms with Crippen LogP contribution >= 0.6 is 0 Å². The van der Waals surface area contributed by atoms with E-state index >= 15 is 0 Å². The molecule has 8 nitrogen and oxygen atoms in total. The second-order valence-electron chi connectivity index (χ2n) is 4.61. The van der Waals surface area contributed by atoms with E-state index in [0.29, 0.717) is 11.5 Å². The van der Waals surface area contributed by atoms with Crippen LogP contribution in [-0.2, 0) is 4.74 Å². The van der Waals surface area contributed by atoms with Gasteiger partial charge in [-0.05, 0) is 12.1 Å². The van der Waals surface area contributed by atoms with E-state index in [1.165, 1.54) is 14.2 Å². The van der Waals surface area contributed by atoms with Crippen molar-refractivity contribution >= 4 is 0 Å². The summed E-state index contributed by atoms with van der Waals surface area (Å²) in [7, 11) is 2.99. The highest BCUT2D eigenvalue weighted by Crippen LogP contribution is 2.34. The van der Waals surface area contributed by atoms with Gasteiger partial charge < -0.3 is 39.7 Å². The van der Waals surface area contributed by atoms with Gasteiger partial charge in [-0.2, -0.15) is 0 Å². The number of methoxy groups -OCH3 is 2. The van der Waals surface area contributed by atoms with Gasteiger partial charge in [0.1, 0.15) is 24.4 Å². The van der Waals surface area contributed by atoms with Crippen LogP contribution in [0.4, 0.5) is 0 Å². The van der Waals surface area contributed by atoms with Gasteiger partial charge in [0.2, 0.25) is 5.75 Å². The SMILES string of the molecule is COc1cccc(OC)c1O.OC[C@H]1OC[C@H](O)[C@@H](O)[C@@H]1O. The Bertz CT molecular complexity index is 428.